The van der Waals surface area contributed by atoms with E-state index in [2.05, 4.69) is 20.8 Å². The molecular weight excluding hydrogens is 322 g/mol. The molecule has 3 nitrogen and oxygen atoms in total. The molecule has 134 valence electrons. The van der Waals surface area contributed by atoms with Crippen LogP contribution in [0.1, 0.15) is 20.8 Å². The van der Waals surface area contributed by atoms with E-state index >= 15 is 0 Å². The Morgan fingerprint density at radius 3 is 1.58 bits per heavy atom. The first-order chi connectivity index (χ1) is 12.3. The molecule has 12 saturated carbocycles. The molecule has 0 radical (unpaired) electrons. The lowest BCUT2D eigenvalue weighted by Crippen LogP contribution is -3.16. The van der Waals surface area contributed by atoms with Gasteiger partial charge in [-0.2, -0.15) is 0 Å². The van der Waals surface area contributed by atoms with Crippen molar-refractivity contribution in [3.05, 3.63) is 0 Å². The van der Waals surface area contributed by atoms with Gasteiger partial charge in [0.25, 0.3) is 0 Å². The highest BCUT2D eigenvalue weighted by atomic mass is 16.2. The molecule has 0 aromatic heterocycles. The fraction of sp³-hybridized carbons (Fsp3) is 0.913. The zero-order chi connectivity index (χ0) is 17.2. The van der Waals surface area contributed by atoms with E-state index < -0.39 is 0 Å². The van der Waals surface area contributed by atoms with Crippen molar-refractivity contribution in [2.75, 3.05) is 7.05 Å². The SMILES string of the molecule is CN(C(=O)C12C3C4C5C3C1(C(=O)C13C6C7C8C6C1C8C73)C5C42)C(C)(C)C. The normalized spacial score (nSPS) is 80.7. The minimum Gasteiger partial charge on any atom is -0.340 e. The first-order valence-electron chi connectivity index (χ1n) is 11.2. The minimum absolute atomic E-state index is 0.141. The lowest BCUT2D eigenvalue weighted by Gasteiger charge is -3.13. The fourth-order valence-electron chi connectivity index (χ4n) is 13.3. The summed E-state index contributed by atoms with van der Waals surface area (Å²) in [5.74, 6) is 11.6. The smallest absolute Gasteiger partial charge is 0.230 e. The van der Waals surface area contributed by atoms with Crippen LogP contribution in [0, 0.1) is 93.2 Å². The largest absolute Gasteiger partial charge is 0.340 e. The van der Waals surface area contributed by atoms with Crippen molar-refractivity contribution in [3.8, 4) is 0 Å². The lowest BCUT2D eigenvalue weighted by molar-refractivity contribution is -0.643. The molecule has 0 aliphatic heterocycles. The molecule has 26 heavy (non-hydrogen) atoms. The Hall–Kier alpha value is -0.860. The second-order valence-electron chi connectivity index (χ2n) is 13.2. The molecule has 1 amide bonds. The Kier molecular flexibility index (Phi) is 1.23. The van der Waals surface area contributed by atoms with Crippen LogP contribution in [0.5, 0.6) is 0 Å². The van der Waals surface area contributed by atoms with Gasteiger partial charge in [-0.05, 0) is 97.7 Å². The van der Waals surface area contributed by atoms with Crippen molar-refractivity contribution >= 4 is 11.7 Å². The van der Waals surface area contributed by atoms with Crippen LogP contribution >= 0.6 is 0 Å². The molecule has 3 heteroatoms. The highest BCUT2D eigenvalue weighted by molar-refractivity contribution is 6.10. The summed E-state index contributed by atoms with van der Waals surface area (Å²) >= 11 is 0. The van der Waals surface area contributed by atoms with Crippen LogP contribution in [0.3, 0.4) is 0 Å². The maximum atomic E-state index is 14.2. The molecule has 0 bridgehead atoms. The molecule has 0 spiro atoms. The van der Waals surface area contributed by atoms with Crippen LogP contribution < -0.4 is 0 Å². The number of hydrogen-bond donors (Lipinski definition) is 0. The van der Waals surface area contributed by atoms with E-state index in [4.69, 9.17) is 0 Å². The molecule has 0 saturated heterocycles. The summed E-state index contributed by atoms with van der Waals surface area (Å²) in [4.78, 5) is 30.0. The lowest BCUT2D eigenvalue weighted by atomic mass is 8.88. The van der Waals surface area contributed by atoms with E-state index in [1.807, 2.05) is 11.9 Å². The summed E-state index contributed by atoms with van der Waals surface area (Å²) in [5.41, 5.74) is -0.353. The fourth-order valence-corrected chi connectivity index (χ4v) is 13.3. The minimum atomic E-state index is -0.212. The van der Waals surface area contributed by atoms with Gasteiger partial charge < -0.3 is 4.90 Å². The zero-order valence-corrected chi connectivity index (χ0v) is 15.8. The van der Waals surface area contributed by atoms with E-state index in [-0.39, 0.29) is 21.8 Å². The van der Waals surface area contributed by atoms with Crippen molar-refractivity contribution in [3.63, 3.8) is 0 Å². The van der Waals surface area contributed by atoms with Crippen molar-refractivity contribution in [2.45, 2.75) is 26.3 Å². The molecule has 12 rings (SSSR count). The molecule has 0 N–H and O–H groups in total. The molecule has 12 aliphatic rings. The van der Waals surface area contributed by atoms with Crippen LogP contribution in [0.25, 0.3) is 0 Å². The topological polar surface area (TPSA) is 37.4 Å². The van der Waals surface area contributed by atoms with Gasteiger partial charge in [-0.15, -0.1) is 0 Å². The van der Waals surface area contributed by atoms with E-state index in [0.29, 0.717) is 35.4 Å². The van der Waals surface area contributed by atoms with E-state index in [9.17, 15) is 9.59 Å². The quantitative estimate of drug-likeness (QED) is 0.782. The van der Waals surface area contributed by atoms with Gasteiger partial charge in [-0.25, -0.2) is 0 Å². The van der Waals surface area contributed by atoms with Crippen molar-refractivity contribution in [1.82, 2.24) is 4.90 Å². The van der Waals surface area contributed by atoms with E-state index in [0.717, 1.165) is 53.3 Å². The number of ketones is 1. The van der Waals surface area contributed by atoms with Gasteiger partial charge in [0.05, 0.1) is 10.8 Å². The standard InChI is InChI=1S/C23H25NO2/c1-20(2,3)24(4)19(26)23-16-10-9-14(16)22(23,15(9)17(10)23)18(25)21-11-6-5-7(11)13(21)8(5)12(6)21/h5-17H,1-4H3. The van der Waals surface area contributed by atoms with Gasteiger partial charge in [-0.3, -0.25) is 9.59 Å². The van der Waals surface area contributed by atoms with Gasteiger partial charge in [0.1, 0.15) is 5.78 Å². The molecule has 4 unspecified atom stereocenters. The molecule has 12 fully saturated rings. The summed E-state index contributed by atoms with van der Waals surface area (Å²) in [6.07, 6.45) is 0. The number of amides is 1. The second-order valence-corrected chi connectivity index (χ2v) is 13.2. The number of rotatable bonds is 3. The van der Waals surface area contributed by atoms with E-state index in [1.165, 1.54) is 0 Å². The van der Waals surface area contributed by atoms with Gasteiger partial charge in [0.2, 0.25) is 5.91 Å². The van der Waals surface area contributed by atoms with Crippen molar-refractivity contribution in [2.24, 2.45) is 93.2 Å². The average Bonchev–Trinajstić information content (AvgIpc) is 2.65. The monoisotopic (exact) mass is 347 g/mol. The maximum Gasteiger partial charge on any atom is 0.230 e. The zero-order valence-electron chi connectivity index (χ0n) is 15.8. The highest BCUT2D eigenvalue weighted by Gasteiger charge is 3.16. The van der Waals surface area contributed by atoms with Crippen LogP contribution in [-0.4, -0.2) is 29.2 Å². The number of Topliss-reactive ketones (excluding diaryl/α,β-unsaturated/α-hetero) is 1. The Morgan fingerprint density at radius 2 is 1.12 bits per heavy atom. The predicted molar refractivity (Wildman–Crippen MR) is 90.2 cm³/mol. The third-order valence-corrected chi connectivity index (χ3v) is 13.6. The molecule has 4 atom stereocenters. The predicted octanol–water partition coefficient (Wildman–Crippen LogP) is 1.92. The maximum absolute atomic E-state index is 14.2. The van der Waals surface area contributed by atoms with E-state index in [1.54, 1.807) is 0 Å². The van der Waals surface area contributed by atoms with Gasteiger partial charge in [-0.1, -0.05) is 0 Å². The molecule has 12 aliphatic carbocycles. The third kappa shape index (κ3) is 0.561. The molecule has 0 aromatic carbocycles. The molecule has 0 heterocycles. The number of nitrogens with zero attached hydrogens (tertiary/aromatic N) is 1. The van der Waals surface area contributed by atoms with Crippen LogP contribution in [0.4, 0.5) is 0 Å². The Bertz CT molecular complexity index is 900. The van der Waals surface area contributed by atoms with Gasteiger partial charge >= 0.3 is 0 Å². The van der Waals surface area contributed by atoms with Gasteiger partial charge in [0, 0.05) is 18.0 Å². The van der Waals surface area contributed by atoms with Crippen LogP contribution in [0.2, 0.25) is 0 Å². The first kappa shape index (κ1) is 12.6. The summed E-state index contributed by atoms with van der Waals surface area (Å²) in [6, 6.07) is 0. The van der Waals surface area contributed by atoms with Crippen LogP contribution in [-0.2, 0) is 9.59 Å². The second kappa shape index (κ2) is 2.55. The summed E-state index contributed by atoms with van der Waals surface area (Å²) in [6.45, 7) is 6.41. The Balaban J connectivity index is 1.12. The third-order valence-electron chi connectivity index (χ3n) is 13.6. The summed E-state index contributed by atoms with van der Waals surface area (Å²) < 4.78 is 0. The van der Waals surface area contributed by atoms with Crippen molar-refractivity contribution in [1.29, 1.82) is 0 Å². The van der Waals surface area contributed by atoms with Crippen molar-refractivity contribution < 1.29 is 9.59 Å². The number of carbonyl (C=O) groups excluding carboxylic acids is 2. The van der Waals surface area contributed by atoms with Gasteiger partial charge in [0.15, 0.2) is 0 Å². The Morgan fingerprint density at radius 1 is 0.692 bits per heavy atom. The number of hydrogen-bond acceptors (Lipinski definition) is 2. The summed E-state index contributed by atoms with van der Waals surface area (Å²) in [5, 5.41) is 0. The summed E-state index contributed by atoms with van der Waals surface area (Å²) in [7, 11) is 1.99. The first-order valence-corrected chi connectivity index (χ1v) is 11.2. The van der Waals surface area contributed by atoms with Crippen LogP contribution in [0.15, 0.2) is 0 Å². The molecular formula is C23H25NO2. The average molecular weight is 347 g/mol. The highest BCUT2D eigenvalue weighted by Crippen LogP contribution is 3.14. The molecule has 0 aromatic rings. The Labute approximate surface area is 153 Å². The number of carbonyl (C=O) groups is 2.